The number of methoxy groups -OCH3 is 1. The number of ether oxygens (including phenoxy) is 1. The van der Waals surface area contributed by atoms with Crippen molar-refractivity contribution < 1.29 is 9.53 Å². The third-order valence-corrected chi connectivity index (χ3v) is 4.25. The first kappa shape index (κ1) is 15.2. The van der Waals surface area contributed by atoms with Crippen molar-refractivity contribution in [3.05, 3.63) is 17.6 Å². The minimum absolute atomic E-state index is 0.111. The van der Waals surface area contributed by atoms with Gasteiger partial charge in [0, 0.05) is 45.1 Å². The van der Waals surface area contributed by atoms with Crippen molar-refractivity contribution in [2.75, 3.05) is 45.2 Å². The summed E-state index contributed by atoms with van der Waals surface area (Å²) in [5, 5.41) is 6.83. The van der Waals surface area contributed by atoms with Crippen LogP contribution in [-0.4, -0.2) is 66.7 Å². The van der Waals surface area contributed by atoms with E-state index >= 15 is 0 Å². The van der Waals surface area contributed by atoms with Crippen molar-refractivity contribution in [2.24, 2.45) is 0 Å². The summed E-state index contributed by atoms with van der Waals surface area (Å²) in [7, 11) is 1.65. The SMILES string of the molecule is COCCN1C[C@@H](Nc2ncnc3c2CCNCC3)CC1=O. The molecule has 2 aliphatic heterocycles. The molecule has 1 atom stereocenters. The molecule has 1 amide bonds. The van der Waals surface area contributed by atoms with Gasteiger partial charge in [-0.1, -0.05) is 0 Å². The lowest BCUT2D eigenvalue weighted by Crippen LogP contribution is -2.31. The summed E-state index contributed by atoms with van der Waals surface area (Å²) < 4.78 is 5.05. The molecule has 0 unspecified atom stereocenters. The molecule has 3 heterocycles. The molecular formula is C15H23N5O2. The molecule has 0 aliphatic carbocycles. The topological polar surface area (TPSA) is 79.4 Å². The van der Waals surface area contributed by atoms with E-state index in [9.17, 15) is 4.79 Å². The van der Waals surface area contributed by atoms with Crippen molar-refractivity contribution in [3.8, 4) is 0 Å². The highest BCUT2D eigenvalue weighted by Crippen LogP contribution is 2.21. The van der Waals surface area contributed by atoms with Crippen molar-refractivity contribution in [2.45, 2.75) is 25.3 Å². The molecule has 0 bridgehead atoms. The summed E-state index contributed by atoms with van der Waals surface area (Å²) in [5.41, 5.74) is 2.30. The Hall–Kier alpha value is -1.73. The molecule has 22 heavy (non-hydrogen) atoms. The number of nitrogens with zero attached hydrogens (tertiary/aromatic N) is 3. The van der Waals surface area contributed by atoms with E-state index in [-0.39, 0.29) is 11.9 Å². The quantitative estimate of drug-likeness (QED) is 0.786. The molecule has 0 aromatic carbocycles. The van der Waals surface area contributed by atoms with Gasteiger partial charge in [-0.3, -0.25) is 4.79 Å². The van der Waals surface area contributed by atoms with Crippen molar-refractivity contribution in [1.82, 2.24) is 20.2 Å². The number of carbonyl (C=O) groups excluding carboxylic acids is 1. The summed E-state index contributed by atoms with van der Waals surface area (Å²) in [6, 6.07) is 0.111. The number of rotatable bonds is 5. The van der Waals surface area contributed by atoms with Crippen molar-refractivity contribution in [1.29, 1.82) is 0 Å². The van der Waals surface area contributed by atoms with Gasteiger partial charge < -0.3 is 20.3 Å². The van der Waals surface area contributed by atoms with Gasteiger partial charge in [0.2, 0.25) is 5.91 Å². The molecule has 7 nitrogen and oxygen atoms in total. The first-order chi connectivity index (χ1) is 10.8. The van der Waals surface area contributed by atoms with Crippen LogP contribution in [0.1, 0.15) is 17.7 Å². The zero-order chi connectivity index (χ0) is 15.4. The van der Waals surface area contributed by atoms with Crippen LogP contribution in [0.2, 0.25) is 0 Å². The molecule has 0 spiro atoms. The van der Waals surface area contributed by atoms with Gasteiger partial charge in [-0.15, -0.1) is 0 Å². The molecular weight excluding hydrogens is 282 g/mol. The number of likely N-dealkylation sites (tertiary alicyclic amines) is 1. The number of carbonyl (C=O) groups is 1. The Balaban J connectivity index is 1.68. The van der Waals surface area contributed by atoms with E-state index in [1.165, 1.54) is 5.56 Å². The number of fused-ring (bicyclic) bond motifs is 1. The second-order valence-electron chi connectivity index (χ2n) is 5.78. The number of anilines is 1. The van der Waals surface area contributed by atoms with E-state index in [0.29, 0.717) is 26.1 Å². The smallest absolute Gasteiger partial charge is 0.224 e. The first-order valence-electron chi connectivity index (χ1n) is 7.84. The summed E-state index contributed by atoms with van der Waals surface area (Å²) in [5.74, 6) is 1.07. The van der Waals surface area contributed by atoms with Crippen LogP contribution in [0.4, 0.5) is 5.82 Å². The molecule has 1 aromatic heterocycles. The predicted molar refractivity (Wildman–Crippen MR) is 82.8 cm³/mol. The van der Waals surface area contributed by atoms with Gasteiger partial charge in [0.15, 0.2) is 0 Å². The summed E-state index contributed by atoms with van der Waals surface area (Å²) in [6.07, 6.45) is 3.98. The van der Waals surface area contributed by atoms with Gasteiger partial charge in [-0.2, -0.15) is 0 Å². The molecule has 1 aromatic rings. The fourth-order valence-corrected chi connectivity index (χ4v) is 3.08. The second kappa shape index (κ2) is 7.02. The van der Waals surface area contributed by atoms with E-state index in [0.717, 1.165) is 37.4 Å². The van der Waals surface area contributed by atoms with Gasteiger partial charge in [-0.25, -0.2) is 9.97 Å². The lowest BCUT2D eigenvalue weighted by atomic mass is 10.1. The average molecular weight is 305 g/mol. The molecule has 2 aliphatic rings. The highest BCUT2D eigenvalue weighted by atomic mass is 16.5. The number of amides is 1. The molecule has 0 saturated carbocycles. The third kappa shape index (κ3) is 3.36. The van der Waals surface area contributed by atoms with Crippen molar-refractivity contribution in [3.63, 3.8) is 0 Å². The molecule has 120 valence electrons. The van der Waals surface area contributed by atoms with Crippen molar-refractivity contribution >= 4 is 11.7 Å². The third-order valence-electron chi connectivity index (χ3n) is 4.25. The van der Waals surface area contributed by atoms with Crippen LogP contribution in [0, 0.1) is 0 Å². The molecule has 1 saturated heterocycles. The molecule has 3 rings (SSSR count). The van der Waals surface area contributed by atoms with Gasteiger partial charge in [0.25, 0.3) is 0 Å². The zero-order valence-electron chi connectivity index (χ0n) is 13.0. The minimum atomic E-state index is 0.111. The normalized spacial score (nSPS) is 21.6. The van der Waals surface area contributed by atoms with Gasteiger partial charge in [-0.05, 0) is 13.0 Å². The molecule has 7 heteroatoms. The minimum Gasteiger partial charge on any atom is -0.383 e. The van der Waals surface area contributed by atoms with E-state index in [4.69, 9.17) is 4.74 Å². The fourth-order valence-electron chi connectivity index (χ4n) is 3.08. The summed E-state index contributed by atoms with van der Waals surface area (Å²) in [6.45, 7) is 3.83. The van der Waals surface area contributed by atoms with E-state index in [1.54, 1.807) is 13.4 Å². The average Bonchev–Trinajstić information content (AvgIpc) is 2.73. The maximum atomic E-state index is 12.0. The van der Waals surface area contributed by atoms with Crippen LogP contribution < -0.4 is 10.6 Å². The standard InChI is InChI=1S/C15H23N5O2/c1-22-7-6-20-9-11(8-14(20)21)19-15-12-2-4-16-5-3-13(12)17-10-18-15/h10-11,16H,2-9H2,1H3,(H,17,18,19)/t11-/m0/s1. The monoisotopic (exact) mass is 305 g/mol. The Kier molecular flexibility index (Phi) is 4.84. The maximum Gasteiger partial charge on any atom is 0.224 e. The molecule has 0 radical (unpaired) electrons. The Labute approximate surface area is 130 Å². The predicted octanol–water partition coefficient (Wildman–Crippen LogP) is -0.176. The van der Waals surface area contributed by atoms with Gasteiger partial charge in [0.05, 0.1) is 18.3 Å². The van der Waals surface area contributed by atoms with Crippen LogP contribution in [0.3, 0.4) is 0 Å². The zero-order valence-corrected chi connectivity index (χ0v) is 13.0. The highest BCUT2D eigenvalue weighted by molar-refractivity contribution is 5.80. The van der Waals surface area contributed by atoms with E-state index in [1.807, 2.05) is 4.90 Å². The van der Waals surface area contributed by atoms with Crippen LogP contribution in [0.25, 0.3) is 0 Å². The van der Waals surface area contributed by atoms with Gasteiger partial charge in [0.1, 0.15) is 12.1 Å². The number of hydrogen-bond acceptors (Lipinski definition) is 6. The second-order valence-corrected chi connectivity index (χ2v) is 5.78. The Morgan fingerprint density at radius 3 is 3.14 bits per heavy atom. The van der Waals surface area contributed by atoms with Crippen LogP contribution in [0.5, 0.6) is 0 Å². The number of hydrogen-bond donors (Lipinski definition) is 2. The molecule has 2 N–H and O–H groups in total. The maximum absolute atomic E-state index is 12.0. The van der Waals surface area contributed by atoms with Gasteiger partial charge >= 0.3 is 0 Å². The summed E-state index contributed by atoms with van der Waals surface area (Å²) in [4.78, 5) is 22.7. The van der Waals surface area contributed by atoms with E-state index < -0.39 is 0 Å². The lowest BCUT2D eigenvalue weighted by Gasteiger charge is -2.18. The molecule has 1 fully saturated rings. The Morgan fingerprint density at radius 1 is 1.41 bits per heavy atom. The fraction of sp³-hybridized carbons (Fsp3) is 0.667. The van der Waals surface area contributed by atoms with Crippen LogP contribution in [0.15, 0.2) is 6.33 Å². The van der Waals surface area contributed by atoms with Crippen LogP contribution >= 0.6 is 0 Å². The van der Waals surface area contributed by atoms with E-state index in [2.05, 4.69) is 20.6 Å². The first-order valence-corrected chi connectivity index (χ1v) is 7.84. The number of nitrogens with one attached hydrogen (secondary N) is 2. The largest absolute Gasteiger partial charge is 0.383 e. The highest BCUT2D eigenvalue weighted by Gasteiger charge is 2.30. The Morgan fingerprint density at radius 2 is 2.27 bits per heavy atom. The van der Waals surface area contributed by atoms with Crippen LogP contribution in [-0.2, 0) is 22.4 Å². The lowest BCUT2D eigenvalue weighted by molar-refractivity contribution is -0.128. The summed E-state index contributed by atoms with van der Waals surface area (Å²) >= 11 is 0. The number of aromatic nitrogens is 2. The Bertz CT molecular complexity index is 537.